The van der Waals surface area contributed by atoms with Crippen LogP contribution in [-0.4, -0.2) is 109 Å². The normalized spacial score (nSPS) is 21.3. The molecule has 4 heterocycles. The highest BCUT2D eigenvalue weighted by atomic mass is 19.3. The van der Waals surface area contributed by atoms with Crippen LogP contribution >= 0.6 is 0 Å². The van der Waals surface area contributed by atoms with E-state index < -0.39 is 24.8 Å². The molecule has 3 aliphatic heterocycles. The number of hydrogen-bond donors (Lipinski definition) is 2. The molecule has 2 atom stereocenters. The molecule has 14 heteroatoms. The Morgan fingerprint density at radius 3 is 2.59 bits per heavy atom. The van der Waals surface area contributed by atoms with Gasteiger partial charge in [-0.1, -0.05) is 0 Å². The molecule has 0 bridgehead atoms. The topological polar surface area (TPSA) is 112 Å². The van der Waals surface area contributed by atoms with Crippen LogP contribution in [0.1, 0.15) is 56.8 Å². The number of benzene rings is 1. The molecule has 252 valence electrons. The summed E-state index contributed by atoms with van der Waals surface area (Å²) in [6, 6.07) is 3.13. The summed E-state index contributed by atoms with van der Waals surface area (Å²) < 4.78 is 51.1. The number of carbonyl (C=O) groups is 2. The number of urea groups is 1. The number of carbonyl (C=O) groups excluding carboxylic acids is 2. The van der Waals surface area contributed by atoms with Gasteiger partial charge in [-0.2, -0.15) is 0 Å². The molecule has 2 aromatic rings. The maximum atomic E-state index is 14.2. The maximum Gasteiger partial charge on any atom is 0.315 e. The lowest BCUT2D eigenvalue weighted by Crippen LogP contribution is -2.61. The van der Waals surface area contributed by atoms with Crippen LogP contribution < -0.4 is 20.3 Å². The van der Waals surface area contributed by atoms with Gasteiger partial charge in [0.2, 0.25) is 0 Å². The van der Waals surface area contributed by atoms with E-state index in [-0.39, 0.29) is 40.8 Å². The molecule has 2 N–H and O–H groups in total. The first kappa shape index (κ1) is 33.7. The van der Waals surface area contributed by atoms with E-state index in [4.69, 9.17) is 9.47 Å². The molecule has 5 rings (SSSR count). The Morgan fingerprint density at radius 1 is 1.17 bits per heavy atom. The van der Waals surface area contributed by atoms with Crippen LogP contribution in [0.25, 0.3) is 0 Å². The average molecular weight is 648 g/mol. The highest BCUT2D eigenvalue weighted by molar-refractivity contribution is 5.97. The minimum atomic E-state index is -2.58. The summed E-state index contributed by atoms with van der Waals surface area (Å²) in [5.41, 5.74) is 0.324. The third-order valence-electron chi connectivity index (χ3n) is 9.13. The van der Waals surface area contributed by atoms with Gasteiger partial charge >= 0.3 is 6.03 Å². The van der Waals surface area contributed by atoms with Gasteiger partial charge in [-0.25, -0.2) is 27.9 Å². The highest BCUT2D eigenvalue weighted by Crippen LogP contribution is 2.45. The van der Waals surface area contributed by atoms with Crippen LogP contribution in [0.4, 0.5) is 23.8 Å². The van der Waals surface area contributed by atoms with Crippen LogP contribution in [-0.2, 0) is 4.74 Å². The van der Waals surface area contributed by atoms with Crippen molar-refractivity contribution >= 4 is 17.8 Å². The minimum absolute atomic E-state index is 0.0546. The Kier molecular flexibility index (Phi) is 10.9. The number of nitrogens with one attached hydrogen (secondary N) is 2. The number of hydrogen-bond acceptors (Lipinski definition) is 8. The predicted molar refractivity (Wildman–Crippen MR) is 166 cm³/mol. The summed E-state index contributed by atoms with van der Waals surface area (Å²) in [5.74, 6) is 0.499. The van der Waals surface area contributed by atoms with Crippen LogP contribution in [0.3, 0.4) is 0 Å². The first-order valence-corrected chi connectivity index (χ1v) is 16.1. The Bertz CT molecular complexity index is 1340. The van der Waals surface area contributed by atoms with Gasteiger partial charge in [0.1, 0.15) is 17.9 Å². The summed E-state index contributed by atoms with van der Waals surface area (Å²) in [7, 11) is 0. The molecule has 0 aliphatic carbocycles. The lowest BCUT2D eigenvalue weighted by atomic mass is 9.72. The van der Waals surface area contributed by atoms with E-state index in [0.717, 1.165) is 58.4 Å². The van der Waals surface area contributed by atoms with E-state index in [1.54, 1.807) is 11.1 Å². The van der Waals surface area contributed by atoms with Crippen LogP contribution in [0.15, 0.2) is 30.7 Å². The number of piperidine rings is 1. The molecule has 3 amide bonds. The third-order valence-corrected chi connectivity index (χ3v) is 9.13. The second kappa shape index (κ2) is 14.8. The number of alkyl halides is 2. The van der Waals surface area contributed by atoms with E-state index >= 15 is 0 Å². The van der Waals surface area contributed by atoms with Crippen molar-refractivity contribution in [1.82, 2.24) is 30.4 Å². The van der Waals surface area contributed by atoms with Crippen molar-refractivity contribution in [2.75, 3.05) is 57.3 Å². The van der Waals surface area contributed by atoms with Crippen LogP contribution in [0, 0.1) is 11.2 Å². The lowest BCUT2D eigenvalue weighted by molar-refractivity contribution is -0.0313. The van der Waals surface area contributed by atoms with Gasteiger partial charge in [-0.05, 0) is 77.7 Å². The first-order chi connectivity index (χ1) is 22.1. The fraction of sp³-hybridized carbons (Fsp3) is 0.625. The van der Waals surface area contributed by atoms with Gasteiger partial charge < -0.3 is 34.8 Å². The number of anilines is 1. The highest BCUT2D eigenvalue weighted by Gasteiger charge is 2.46. The molecule has 1 aromatic carbocycles. The molecule has 0 radical (unpaired) electrons. The molecule has 11 nitrogen and oxygen atoms in total. The summed E-state index contributed by atoms with van der Waals surface area (Å²) in [5, 5.41) is 4.87. The first-order valence-electron chi connectivity index (χ1n) is 16.1. The summed E-state index contributed by atoms with van der Waals surface area (Å²) in [4.78, 5) is 40.0. The van der Waals surface area contributed by atoms with E-state index in [2.05, 4.69) is 30.4 Å². The molecule has 0 unspecified atom stereocenters. The van der Waals surface area contributed by atoms with Crippen molar-refractivity contribution in [3.8, 4) is 11.5 Å². The standard InChI is InChI=1S/C32H44F3N7O4/c1-4-42(21(2)3)30(43)25-13-22(33)5-8-26(25)46-27-14-36-20-38-29(27)41-18-32(19-41)9-11-40(12-10-32)16-24-7-6-23(17-45-24)39-31(44)37-15-28(34)35/h5,8,13-14,20-21,23-24,28H,4,6-7,9-12,15-19H2,1-3H3,(H2,37,39,44)/t23-,24+/m1/s1. The van der Waals surface area contributed by atoms with Gasteiger partial charge in [0.15, 0.2) is 11.6 Å². The Hall–Kier alpha value is -3.65. The molecule has 3 fully saturated rings. The lowest BCUT2D eigenvalue weighted by Gasteiger charge is -2.54. The smallest absolute Gasteiger partial charge is 0.315 e. The quantitative estimate of drug-likeness (QED) is 0.372. The minimum Gasteiger partial charge on any atom is -0.451 e. The van der Waals surface area contributed by atoms with Crippen molar-refractivity contribution < 1.29 is 32.2 Å². The molecular weight excluding hydrogens is 603 g/mol. The number of likely N-dealkylation sites (tertiary alicyclic amines) is 1. The monoisotopic (exact) mass is 647 g/mol. The second-order valence-electron chi connectivity index (χ2n) is 12.8. The molecule has 1 aromatic heterocycles. The largest absolute Gasteiger partial charge is 0.451 e. The number of rotatable bonds is 11. The van der Waals surface area contributed by atoms with E-state index in [1.165, 1.54) is 24.5 Å². The fourth-order valence-electron chi connectivity index (χ4n) is 6.59. The number of nitrogens with zero attached hydrogens (tertiary/aromatic N) is 5. The van der Waals surface area contributed by atoms with Gasteiger partial charge in [-0.15, -0.1) is 0 Å². The van der Waals surface area contributed by atoms with Crippen molar-refractivity contribution in [2.45, 2.75) is 71.1 Å². The summed E-state index contributed by atoms with van der Waals surface area (Å²) in [6.45, 7) is 10.3. The third kappa shape index (κ3) is 8.19. The van der Waals surface area contributed by atoms with Crippen LogP contribution in [0.5, 0.6) is 11.5 Å². The molecule has 0 saturated carbocycles. The Morgan fingerprint density at radius 2 is 1.93 bits per heavy atom. The fourth-order valence-corrected chi connectivity index (χ4v) is 6.59. The van der Waals surface area contributed by atoms with E-state index in [9.17, 15) is 22.8 Å². The van der Waals surface area contributed by atoms with Crippen molar-refractivity contribution in [3.05, 3.63) is 42.1 Å². The van der Waals surface area contributed by atoms with Gasteiger partial charge in [0.25, 0.3) is 12.3 Å². The number of halogens is 3. The molecule has 1 spiro atoms. The Balaban J connectivity index is 1.12. The van der Waals surface area contributed by atoms with Gasteiger partial charge in [0, 0.05) is 37.6 Å². The number of amides is 3. The SMILES string of the molecule is CCN(C(=O)c1cc(F)ccc1Oc1cncnc1N1CC2(CCN(C[C@@H]3CC[C@@H](NC(=O)NCC(F)F)CO3)CC2)C1)C(C)C. The second-order valence-corrected chi connectivity index (χ2v) is 12.8. The van der Waals surface area contributed by atoms with Crippen molar-refractivity contribution in [1.29, 1.82) is 0 Å². The van der Waals surface area contributed by atoms with Crippen molar-refractivity contribution in [3.63, 3.8) is 0 Å². The van der Waals surface area contributed by atoms with Gasteiger partial charge in [0.05, 0.1) is 37.1 Å². The van der Waals surface area contributed by atoms with Crippen LogP contribution in [0.2, 0.25) is 0 Å². The molecule has 46 heavy (non-hydrogen) atoms. The molecular formula is C32H44F3N7O4. The molecule has 3 saturated heterocycles. The summed E-state index contributed by atoms with van der Waals surface area (Å²) in [6.07, 6.45) is 4.14. The zero-order chi connectivity index (χ0) is 32.8. The number of aromatic nitrogens is 2. The van der Waals surface area contributed by atoms with Crippen molar-refractivity contribution in [2.24, 2.45) is 5.41 Å². The average Bonchev–Trinajstić information content (AvgIpc) is 3.01. The molecule has 3 aliphatic rings. The van der Waals surface area contributed by atoms with Gasteiger partial charge in [-0.3, -0.25) is 4.79 Å². The Labute approximate surface area is 267 Å². The van der Waals surface area contributed by atoms with E-state index in [0.29, 0.717) is 24.7 Å². The zero-order valence-electron chi connectivity index (χ0n) is 26.7. The van der Waals surface area contributed by atoms with E-state index in [1.807, 2.05) is 20.8 Å². The summed E-state index contributed by atoms with van der Waals surface area (Å²) >= 11 is 0. The maximum absolute atomic E-state index is 14.2. The number of ether oxygens (including phenoxy) is 2. The zero-order valence-corrected chi connectivity index (χ0v) is 26.7. The predicted octanol–water partition coefficient (Wildman–Crippen LogP) is 4.29.